The molecule has 18 heavy (non-hydrogen) atoms. The number of aliphatic hydroxyl groups excluding tert-OH is 1. The SMILES string of the molecule is O=C(/C=C/c1c(F)cccc1Cl)N1CC[C@H](O)C1. The Morgan fingerprint density at radius 3 is 2.94 bits per heavy atom. The second-order valence-corrected chi connectivity index (χ2v) is 4.60. The van der Waals surface area contributed by atoms with Gasteiger partial charge in [0.15, 0.2) is 0 Å². The molecule has 1 aliphatic rings. The maximum absolute atomic E-state index is 13.4. The van der Waals surface area contributed by atoms with E-state index in [4.69, 9.17) is 11.6 Å². The summed E-state index contributed by atoms with van der Waals surface area (Å²) in [6, 6.07) is 4.36. The molecule has 0 unspecified atom stereocenters. The number of hydrogen-bond donors (Lipinski definition) is 1. The Kier molecular flexibility index (Phi) is 3.99. The molecule has 0 radical (unpaired) electrons. The van der Waals surface area contributed by atoms with E-state index < -0.39 is 11.9 Å². The first-order valence-electron chi connectivity index (χ1n) is 5.67. The predicted molar refractivity (Wildman–Crippen MR) is 67.6 cm³/mol. The molecule has 96 valence electrons. The highest BCUT2D eigenvalue weighted by molar-refractivity contribution is 6.32. The number of nitrogens with zero attached hydrogens (tertiary/aromatic N) is 1. The fraction of sp³-hybridized carbons (Fsp3) is 0.308. The van der Waals surface area contributed by atoms with Gasteiger partial charge in [0.1, 0.15) is 5.82 Å². The lowest BCUT2D eigenvalue weighted by molar-refractivity contribution is -0.125. The number of aliphatic hydroxyl groups is 1. The minimum atomic E-state index is -0.465. The molecule has 0 bridgehead atoms. The van der Waals surface area contributed by atoms with E-state index in [9.17, 15) is 14.3 Å². The maximum atomic E-state index is 13.4. The molecule has 0 aromatic heterocycles. The maximum Gasteiger partial charge on any atom is 0.246 e. The van der Waals surface area contributed by atoms with Crippen molar-refractivity contribution in [3.8, 4) is 0 Å². The van der Waals surface area contributed by atoms with Gasteiger partial charge < -0.3 is 10.0 Å². The molecule has 1 aromatic carbocycles. The third kappa shape index (κ3) is 2.89. The molecule has 1 heterocycles. The van der Waals surface area contributed by atoms with Crippen LogP contribution in [0.15, 0.2) is 24.3 Å². The summed E-state index contributed by atoms with van der Waals surface area (Å²) >= 11 is 5.84. The zero-order chi connectivity index (χ0) is 13.1. The van der Waals surface area contributed by atoms with Gasteiger partial charge in [0, 0.05) is 24.7 Å². The van der Waals surface area contributed by atoms with Gasteiger partial charge in [0.2, 0.25) is 5.91 Å². The van der Waals surface area contributed by atoms with Gasteiger partial charge in [0.25, 0.3) is 0 Å². The molecule has 1 atom stereocenters. The number of β-amino-alcohol motifs (C(OH)–C–C–N with tert-alkyl or cyclic N) is 1. The average Bonchev–Trinajstić information content (AvgIpc) is 2.75. The van der Waals surface area contributed by atoms with Crippen LogP contribution in [0.4, 0.5) is 4.39 Å². The summed E-state index contributed by atoms with van der Waals surface area (Å²) in [4.78, 5) is 13.3. The molecular weight excluding hydrogens is 257 g/mol. The number of rotatable bonds is 2. The fourth-order valence-corrected chi connectivity index (χ4v) is 2.10. The Morgan fingerprint density at radius 2 is 2.33 bits per heavy atom. The number of carbonyl (C=O) groups is 1. The fourth-order valence-electron chi connectivity index (χ4n) is 1.87. The van der Waals surface area contributed by atoms with Crippen molar-refractivity contribution in [1.29, 1.82) is 0 Å². The summed E-state index contributed by atoms with van der Waals surface area (Å²) in [6.07, 6.45) is 2.77. The normalized spacial score (nSPS) is 19.7. The van der Waals surface area contributed by atoms with Gasteiger partial charge in [0.05, 0.1) is 11.1 Å². The van der Waals surface area contributed by atoms with Gasteiger partial charge in [-0.25, -0.2) is 4.39 Å². The lowest BCUT2D eigenvalue weighted by Gasteiger charge is -2.12. The van der Waals surface area contributed by atoms with Crippen LogP contribution in [-0.2, 0) is 4.79 Å². The summed E-state index contributed by atoms with van der Waals surface area (Å²) in [7, 11) is 0. The molecule has 3 nitrogen and oxygen atoms in total. The monoisotopic (exact) mass is 269 g/mol. The lowest BCUT2D eigenvalue weighted by atomic mass is 10.2. The third-order valence-corrected chi connectivity index (χ3v) is 3.20. The zero-order valence-corrected chi connectivity index (χ0v) is 10.4. The molecule has 1 aromatic rings. The average molecular weight is 270 g/mol. The van der Waals surface area contributed by atoms with Gasteiger partial charge in [-0.3, -0.25) is 4.79 Å². The number of halogens is 2. The van der Waals surface area contributed by atoms with E-state index >= 15 is 0 Å². The van der Waals surface area contributed by atoms with Crippen LogP contribution in [0.2, 0.25) is 5.02 Å². The van der Waals surface area contributed by atoms with Crippen molar-refractivity contribution in [3.63, 3.8) is 0 Å². The van der Waals surface area contributed by atoms with E-state index in [1.807, 2.05) is 0 Å². The van der Waals surface area contributed by atoms with Crippen molar-refractivity contribution >= 4 is 23.6 Å². The highest BCUT2D eigenvalue weighted by Gasteiger charge is 2.22. The predicted octanol–water partition coefficient (Wildman–Crippen LogP) is 2.09. The van der Waals surface area contributed by atoms with Crippen LogP contribution in [0.1, 0.15) is 12.0 Å². The second-order valence-electron chi connectivity index (χ2n) is 4.20. The molecule has 0 spiro atoms. The Morgan fingerprint density at radius 1 is 1.56 bits per heavy atom. The summed E-state index contributed by atoms with van der Waals surface area (Å²) in [6.45, 7) is 0.851. The van der Waals surface area contributed by atoms with Crippen molar-refractivity contribution in [2.45, 2.75) is 12.5 Å². The Labute approximate surface area is 109 Å². The van der Waals surface area contributed by atoms with Crippen molar-refractivity contribution in [2.75, 3.05) is 13.1 Å². The number of amides is 1. The van der Waals surface area contributed by atoms with Gasteiger partial charge in [-0.05, 0) is 24.6 Å². The van der Waals surface area contributed by atoms with Gasteiger partial charge >= 0.3 is 0 Å². The van der Waals surface area contributed by atoms with E-state index in [2.05, 4.69) is 0 Å². The van der Waals surface area contributed by atoms with E-state index in [-0.39, 0.29) is 16.5 Å². The topological polar surface area (TPSA) is 40.5 Å². The highest BCUT2D eigenvalue weighted by atomic mass is 35.5. The highest BCUT2D eigenvalue weighted by Crippen LogP contribution is 2.20. The lowest BCUT2D eigenvalue weighted by Crippen LogP contribution is -2.27. The molecule has 1 N–H and O–H groups in total. The van der Waals surface area contributed by atoms with Gasteiger partial charge in [-0.1, -0.05) is 17.7 Å². The van der Waals surface area contributed by atoms with Gasteiger partial charge in [-0.15, -0.1) is 0 Å². The van der Waals surface area contributed by atoms with Crippen LogP contribution in [0.3, 0.4) is 0 Å². The minimum absolute atomic E-state index is 0.201. The Hall–Kier alpha value is -1.39. The third-order valence-electron chi connectivity index (χ3n) is 2.87. The molecule has 0 saturated carbocycles. The van der Waals surface area contributed by atoms with Crippen molar-refractivity contribution in [1.82, 2.24) is 4.90 Å². The minimum Gasteiger partial charge on any atom is -0.391 e. The van der Waals surface area contributed by atoms with Crippen molar-refractivity contribution in [2.24, 2.45) is 0 Å². The standard InChI is InChI=1S/C13H13ClFNO2/c14-11-2-1-3-12(15)10(11)4-5-13(18)16-7-6-9(17)8-16/h1-5,9,17H,6-8H2/b5-4+/t9-/m0/s1. The molecule has 5 heteroatoms. The van der Waals surface area contributed by atoms with Crippen molar-refractivity contribution < 1.29 is 14.3 Å². The molecule has 2 rings (SSSR count). The zero-order valence-electron chi connectivity index (χ0n) is 9.64. The summed E-state index contributed by atoms with van der Waals surface area (Å²) < 4.78 is 13.4. The molecular formula is C13H13ClFNO2. The van der Waals surface area contributed by atoms with Crippen LogP contribution in [0.25, 0.3) is 6.08 Å². The molecule has 1 fully saturated rings. The number of hydrogen-bond acceptors (Lipinski definition) is 2. The summed E-state index contributed by atoms with van der Waals surface area (Å²) in [5, 5.41) is 9.59. The van der Waals surface area contributed by atoms with Crippen LogP contribution in [0, 0.1) is 5.82 Å². The largest absolute Gasteiger partial charge is 0.391 e. The quantitative estimate of drug-likeness (QED) is 0.835. The van der Waals surface area contributed by atoms with E-state index in [0.29, 0.717) is 19.5 Å². The van der Waals surface area contributed by atoms with Gasteiger partial charge in [-0.2, -0.15) is 0 Å². The first-order valence-corrected chi connectivity index (χ1v) is 6.05. The second kappa shape index (κ2) is 5.50. The van der Waals surface area contributed by atoms with E-state index in [1.165, 1.54) is 29.2 Å². The summed E-state index contributed by atoms with van der Waals surface area (Å²) in [5.41, 5.74) is 0.201. The number of carbonyl (C=O) groups excluding carboxylic acids is 1. The van der Waals surface area contributed by atoms with Crippen LogP contribution >= 0.6 is 11.6 Å². The first kappa shape index (κ1) is 13.1. The number of benzene rings is 1. The molecule has 0 aliphatic carbocycles. The smallest absolute Gasteiger partial charge is 0.246 e. The molecule has 1 amide bonds. The van der Waals surface area contributed by atoms with Crippen LogP contribution < -0.4 is 0 Å². The molecule has 1 aliphatic heterocycles. The van der Waals surface area contributed by atoms with Crippen LogP contribution in [-0.4, -0.2) is 35.1 Å². The number of likely N-dealkylation sites (tertiary alicyclic amines) is 1. The van der Waals surface area contributed by atoms with E-state index in [1.54, 1.807) is 6.07 Å². The van der Waals surface area contributed by atoms with Crippen molar-refractivity contribution in [3.05, 3.63) is 40.7 Å². The Bertz CT molecular complexity index is 470. The Balaban J connectivity index is 2.09. The first-order chi connectivity index (χ1) is 8.58. The summed E-state index contributed by atoms with van der Waals surface area (Å²) in [5.74, 6) is -0.709. The van der Waals surface area contributed by atoms with E-state index in [0.717, 1.165) is 0 Å². The van der Waals surface area contributed by atoms with Crippen LogP contribution in [0.5, 0.6) is 0 Å². The molecule has 1 saturated heterocycles.